The molecule has 0 aromatic rings. The maximum absolute atomic E-state index is 12.4. The number of hydrogen-bond donors (Lipinski definition) is 1. The van der Waals surface area contributed by atoms with Gasteiger partial charge >= 0.3 is 5.97 Å². The number of unbranched alkanes of at least 4 members (excludes halogenated alkanes) is 1. The molecule has 1 unspecified atom stereocenters. The van der Waals surface area contributed by atoms with Crippen molar-refractivity contribution in [1.29, 1.82) is 0 Å². The molecule has 2 aliphatic rings. The average Bonchev–Trinajstić information content (AvgIpc) is 3.16. The Bertz CT molecular complexity index is 384. The van der Waals surface area contributed by atoms with Crippen molar-refractivity contribution < 1.29 is 14.7 Å². The minimum absolute atomic E-state index is 0.0130. The molecule has 2 fully saturated rings. The zero-order valence-electron chi connectivity index (χ0n) is 14.8. The van der Waals surface area contributed by atoms with Crippen molar-refractivity contribution >= 4 is 11.8 Å². The Balaban J connectivity index is 1.70. The summed E-state index contributed by atoms with van der Waals surface area (Å²) in [6.45, 7) is 2.27. The van der Waals surface area contributed by atoms with Gasteiger partial charge in [0, 0.05) is 6.42 Å². The summed E-state index contributed by atoms with van der Waals surface area (Å²) in [6, 6.07) is 0. The van der Waals surface area contributed by atoms with Crippen LogP contribution < -0.4 is 0 Å². The first-order valence-electron chi connectivity index (χ1n) is 9.89. The van der Waals surface area contributed by atoms with E-state index in [0.29, 0.717) is 6.42 Å². The molecule has 0 aromatic heterocycles. The number of carbonyl (C=O) groups is 2. The smallest absolute Gasteiger partial charge is 0.314 e. The summed E-state index contributed by atoms with van der Waals surface area (Å²) >= 11 is 0. The van der Waals surface area contributed by atoms with Crippen molar-refractivity contribution in [2.45, 2.75) is 90.4 Å². The highest BCUT2D eigenvalue weighted by Crippen LogP contribution is 2.38. The quantitative estimate of drug-likeness (QED) is 0.443. The molecule has 0 spiro atoms. The molecule has 2 rings (SSSR count). The molecule has 0 saturated heterocycles. The van der Waals surface area contributed by atoms with Crippen molar-refractivity contribution in [1.82, 2.24) is 0 Å². The standard InChI is InChI=1S/C20H34O3/c1-2-8-15-12-7-13-16(15)9-5-6-14-18(21)19(20(22)23)17-10-3-4-11-17/h15-17,19H,2-14H2,1H3,(H,22,23)/t15-,16-,19?/m0/s1. The van der Waals surface area contributed by atoms with E-state index < -0.39 is 11.9 Å². The average molecular weight is 322 g/mol. The van der Waals surface area contributed by atoms with Crippen LogP contribution in [0.3, 0.4) is 0 Å². The number of carbonyl (C=O) groups excluding carboxylic acids is 1. The largest absolute Gasteiger partial charge is 0.481 e. The van der Waals surface area contributed by atoms with Crippen LogP contribution in [0.1, 0.15) is 90.4 Å². The van der Waals surface area contributed by atoms with Gasteiger partial charge in [-0.1, -0.05) is 64.7 Å². The lowest BCUT2D eigenvalue weighted by Crippen LogP contribution is -2.30. The van der Waals surface area contributed by atoms with E-state index in [2.05, 4.69) is 6.92 Å². The van der Waals surface area contributed by atoms with Gasteiger partial charge < -0.3 is 5.11 Å². The van der Waals surface area contributed by atoms with Crippen molar-refractivity contribution in [2.24, 2.45) is 23.7 Å². The lowest BCUT2D eigenvalue weighted by atomic mass is 9.84. The van der Waals surface area contributed by atoms with E-state index in [1.165, 1.54) is 38.5 Å². The minimum Gasteiger partial charge on any atom is -0.481 e. The highest BCUT2D eigenvalue weighted by molar-refractivity contribution is 5.98. The van der Waals surface area contributed by atoms with E-state index in [4.69, 9.17) is 0 Å². The van der Waals surface area contributed by atoms with Crippen LogP contribution in [-0.2, 0) is 9.59 Å². The summed E-state index contributed by atoms with van der Waals surface area (Å²) in [5, 5.41) is 9.41. The molecule has 0 aromatic carbocycles. The minimum atomic E-state index is -0.888. The van der Waals surface area contributed by atoms with Gasteiger partial charge in [0.25, 0.3) is 0 Å². The molecular weight excluding hydrogens is 288 g/mol. The van der Waals surface area contributed by atoms with Crippen LogP contribution in [0.4, 0.5) is 0 Å². The Labute approximate surface area is 141 Å². The number of ketones is 1. The van der Waals surface area contributed by atoms with Crippen LogP contribution in [0.25, 0.3) is 0 Å². The molecule has 23 heavy (non-hydrogen) atoms. The fourth-order valence-corrected chi connectivity index (χ4v) is 5.00. The molecule has 3 heteroatoms. The first kappa shape index (κ1) is 18.5. The predicted octanol–water partition coefficient (Wildman–Crippen LogP) is 5.22. The number of carboxylic acids is 1. The van der Waals surface area contributed by atoms with Crippen molar-refractivity contribution in [3.8, 4) is 0 Å². The van der Waals surface area contributed by atoms with Gasteiger partial charge in [-0.25, -0.2) is 0 Å². The van der Waals surface area contributed by atoms with E-state index in [0.717, 1.165) is 50.4 Å². The van der Waals surface area contributed by atoms with Crippen molar-refractivity contribution in [3.63, 3.8) is 0 Å². The molecule has 0 amide bonds. The molecule has 0 heterocycles. The van der Waals surface area contributed by atoms with E-state index in [-0.39, 0.29) is 11.7 Å². The molecule has 3 atom stereocenters. The Kier molecular flexibility index (Phi) is 7.58. The van der Waals surface area contributed by atoms with Gasteiger partial charge in [0.15, 0.2) is 0 Å². The van der Waals surface area contributed by atoms with Crippen LogP contribution >= 0.6 is 0 Å². The highest BCUT2D eigenvalue weighted by Gasteiger charge is 2.35. The lowest BCUT2D eigenvalue weighted by molar-refractivity contribution is -0.148. The number of carboxylic acid groups (broad SMARTS) is 1. The van der Waals surface area contributed by atoms with Crippen LogP contribution in [0.5, 0.6) is 0 Å². The number of Topliss-reactive ketones (excluding diaryl/α,β-unsaturated/α-hetero) is 1. The summed E-state index contributed by atoms with van der Waals surface area (Å²) in [5.41, 5.74) is 0. The lowest BCUT2D eigenvalue weighted by Gasteiger charge is -2.20. The third kappa shape index (κ3) is 5.32. The fourth-order valence-electron chi connectivity index (χ4n) is 5.00. The highest BCUT2D eigenvalue weighted by atomic mass is 16.4. The van der Waals surface area contributed by atoms with Crippen LogP contribution in [-0.4, -0.2) is 16.9 Å². The molecule has 0 radical (unpaired) electrons. The molecule has 0 bridgehead atoms. The number of aliphatic carboxylic acids is 1. The SMILES string of the molecule is CCC[C@H]1CCC[C@@H]1CCCCC(=O)C(C(=O)O)C1CCCC1. The number of rotatable bonds is 10. The fraction of sp³-hybridized carbons (Fsp3) is 0.900. The first-order valence-corrected chi connectivity index (χ1v) is 9.89. The molecule has 2 saturated carbocycles. The van der Waals surface area contributed by atoms with E-state index in [1.54, 1.807) is 0 Å². The van der Waals surface area contributed by atoms with E-state index >= 15 is 0 Å². The first-order chi connectivity index (χ1) is 11.1. The van der Waals surface area contributed by atoms with Gasteiger partial charge in [0.2, 0.25) is 0 Å². The van der Waals surface area contributed by atoms with Gasteiger partial charge in [-0.05, 0) is 37.0 Å². The summed E-state index contributed by atoms with van der Waals surface area (Å²) in [7, 11) is 0. The summed E-state index contributed by atoms with van der Waals surface area (Å²) in [6.07, 6.45) is 14.4. The van der Waals surface area contributed by atoms with Gasteiger partial charge in [-0.2, -0.15) is 0 Å². The summed E-state index contributed by atoms with van der Waals surface area (Å²) < 4.78 is 0. The second-order valence-corrected chi connectivity index (χ2v) is 7.81. The van der Waals surface area contributed by atoms with Gasteiger partial charge in [-0.15, -0.1) is 0 Å². The zero-order chi connectivity index (χ0) is 16.7. The molecule has 132 valence electrons. The van der Waals surface area contributed by atoms with Crippen LogP contribution in [0.15, 0.2) is 0 Å². The monoisotopic (exact) mass is 322 g/mol. The molecule has 3 nitrogen and oxygen atoms in total. The van der Waals surface area contributed by atoms with Crippen molar-refractivity contribution in [2.75, 3.05) is 0 Å². The maximum Gasteiger partial charge on any atom is 0.314 e. The van der Waals surface area contributed by atoms with Gasteiger partial charge in [-0.3, -0.25) is 9.59 Å². The Hall–Kier alpha value is -0.860. The second-order valence-electron chi connectivity index (χ2n) is 7.81. The van der Waals surface area contributed by atoms with Crippen LogP contribution in [0, 0.1) is 23.7 Å². The Morgan fingerprint density at radius 3 is 2.22 bits per heavy atom. The van der Waals surface area contributed by atoms with Gasteiger partial charge in [0.05, 0.1) is 0 Å². The molecule has 2 aliphatic carbocycles. The maximum atomic E-state index is 12.4. The third-order valence-corrected chi connectivity index (χ3v) is 6.21. The Morgan fingerprint density at radius 2 is 1.61 bits per heavy atom. The van der Waals surface area contributed by atoms with E-state index in [1.807, 2.05) is 0 Å². The normalized spacial score (nSPS) is 26.5. The zero-order valence-corrected chi connectivity index (χ0v) is 14.8. The van der Waals surface area contributed by atoms with Crippen molar-refractivity contribution in [3.05, 3.63) is 0 Å². The molecule has 0 aliphatic heterocycles. The topological polar surface area (TPSA) is 54.4 Å². The number of hydrogen-bond acceptors (Lipinski definition) is 2. The second kappa shape index (κ2) is 9.44. The molecular formula is C20H34O3. The summed E-state index contributed by atoms with van der Waals surface area (Å²) in [5.74, 6) is 0.235. The third-order valence-electron chi connectivity index (χ3n) is 6.21. The molecule has 1 N–H and O–H groups in total. The Morgan fingerprint density at radius 1 is 0.957 bits per heavy atom. The predicted molar refractivity (Wildman–Crippen MR) is 92.3 cm³/mol. The summed E-state index contributed by atoms with van der Waals surface area (Å²) in [4.78, 5) is 23.8. The van der Waals surface area contributed by atoms with Crippen LogP contribution in [0.2, 0.25) is 0 Å². The van der Waals surface area contributed by atoms with E-state index in [9.17, 15) is 14.7 Å². The van der Waals surface area contributed by atoms with Gasteiger partial charge in [0.1, 0.15) is 11.7 Å².